The summed E-state index contributed by atoms with van der Waals surface area (Å²) in [5.41, 5.74) is 16.1. The number of hydrogen-bond acceptors (Lipinski definition) is 10. The molecule has 1 aliphatic heterocycles. The topological polar surface area (TPSA) is 156 Å². The van der Waals surface area contributed by atoms with Gasteiger partial charge in [-0.25, -0.2) is 19.9 Å². The number of benzene rings is 2. The van der Waals surface area contributed by atoms with E-state index in [0.29, 0.717) is 44.9 Å². The van der Waals surface area contributed by atoms with Crippen molar-refractivity contribution >= 4 is 60.4 Å². The minimum atomic E-state index is -2.42. The van der Waals surface area contributed by atoms with E-state index in [1.54, 1.807) is 51.2 Å². The third-order valence-corrected chi connectivity index (χ3v) is 12.0. The van der Waals surface area contributed by atoms with E-state index in [0.717, 1.165) is 22.2 Å². The summed E-state index contributed by atoms with van der Waals surface area (Å²) in [5.74, 6) is 1.50. The van der Waals surface area contributed by atoms with Gasteiger partial charge in [0.05, 0.1) is 11.2 Å². The Bertz CT molecular complexity index is 1840. The third-order valence-electron chi connectivity index (χ3n) is 8.67. The Labute approximate surface area is 318 Å². The normalized spacial score (nSPS) is 14.7. The summed E-state index contributed by atoms with van der Waals surface area (Å²) in [6.45, 7) is 23.3. The van der Waals surface area contributed by atoms with Crippen LogP contribution in [0.25, 0.3) is 11.4 Å². The van der Waals surface area contributed by atoms with Crippen LogP contribution in [0.15, 0.2) is 61.2 Å². The van der Waals surface area contributed by atoms with Crippen LogP contribution < -0.4 is 27.5 Å². The van der Waals surface area contributed by atoms with Gasteiger partial charge in [-0.05, 0) is 125 Å². The maximum Gasteiger partial charge on any atom is 0.494 e. The van der Waals surface area contributed by atoms with E-state index in [1.165, 1.54) is 0 Å². The molecule has 14 heteroatoms. The highest BCUT2D eigenvalue weighted by Crippen LogP contribution is 2.39. The molecule has 0 radical (unpaired) electrons. The summed E-state index contributed by atoms with van der Waals surface area (Å²) in [6.07, 6.45) is 7.17. The minimum absolute atomic E-state index is 0. The smallest absolute Gasteiger partial charge is 0.399 e. The Balaban J connectivity index is 0.000000403. The second-order valence-electron chi connectivity index (χ2n) is 14.8. The van der Waals surface area contributed by atoms with Gasteiger partial charge in [0.1, 0.15) is 14.3 Å². The molecule has 3 heterocycles. The third kappa shape index (κ3) is 12.2. The Morgan fingerprint density at radius 1 is 0.673 bits per heavy atom. The van der Waals surface area contributed by atoms with Crippen molar-refractivity contribution < 1.29 is 18.4 Å². The molecule has 286 valence electrons. The maximum atomic E-state index is 12.3. The van der Waals surface area contributed by atoms with E-state index in [-0.39, 0.29) is 26.1 Å². The Hall–Kier alpha value is -3.07. The van der Waals surface area contributed by atoms with Crippen LogP contribution in [-0.4, -0.2) is 64.9 Å². The molecular formula is C38H60BClN6O4P2. The second-order valence-corrected chi connectivity index (χ2v) is 21.5. The summed E-state index contributed by atoms with van der Waals surface area (Å²) in [4.78, 5) is 16.5. The molecule has 10 nitrogen and oxygen atoms in total. The number of hydrogen-bond donors (Lipinski definition) is 2. The van der Waals surface area contributed by atoms with Gasteiger partial charge in [-0.1, -0.05) is 48.6 Å². The lowest BCUT2D eigenvalue weighted by Gasteiger charge is -2.32. The predicted octanol–water partition coefficient (Wildman–Crippen LogP) is 8.44. The van der Waals surface area contributed by atoms with Crippen molar-refractivity contribution in [3.8, 4) is 11.4 Å². The summed E-state index contributed by atoms with van der Waals surface area (Å²) in [6, 6.07) is 11.0. The summed E-state index contributed by atoms with van der Waals surface area (Å²) in [5, 5.41) is 1.68. The average molecular weight is 773 g/mol. The number of nitrogen functional groups attached to an aromatic ring is 2. The van der Waals surface area contributed by atoms with Crippen LogP contribution in [0.4, 0.5) is 11.4 Å². The van der Waals surface area contributed by atoms with Crippen LogP contribution in [0.2, 0.25) is 5.28 Å². The van der Waals surface area contributed by atoms with E-state index >= 15 is 0 Å². The lowest BCUT2D eigenvalue weighted by molar-refractivity contribution is 0.00578. The molecular weight excluding hydrogens is 713 g/mol. The zero-order chi connectivity index (χ0) is 37.8. The number of nitrogens with two attached hydrogens (primary N) is 2. The van der Waals surface area contributed by atoms with Gasteiger partial charge in [-0.2, -0.15) is 0 Å². The lowest BCUT2D eigenvalue weighted by atomic mass is 9.79. The predicted molar refractivity (Wildman–Crippen MR) is 225 cm³/mol. The van der Waals surface area contributed by atoms with Gasteiger partial charge in [0.2, 0.25) is 5.28 Å². The first-order valence-corrected chi connectivity index (χ1v) is 22.1. The first kappa shape index (κ1) is 47.0. The molecule has 5 rings (SSSR count). The molecule has 4 aromatic rings. The Morgan fingerprint density at radius 2 is 1.06 bits per heavy atom. The summed E-state index contributed by atoms with van der Waals surface area (Å²) in [7, 11) is -5.29. The monoisotopic (exact) mass is 772 g/mol. The molecule has 2 aromatic carbocycles. The Kier molecular flexibility index (Phi) is 16.5. The molecule has 1 aliphatic rings. The van der Waals surface area contributed by atoms with Crippen molar-refractivity contribution in [3.63, 3.8) is 0 Å². The number of anilines is 2. The molecule has 52 heavy (non-hydrogen) atoms. The standard InChI is InChI=1S/C15H20N3OP.C14H23BNO3P.C7H9ClN2.2CH4/c1-10(2)12-8-17-15(18-9-12)11-5-6-13(16)14(7-11)20(3,4)19;1-13(2)14(3,4)19-15(18-13)10-7-8-11(16)12(9-10)20(5,6)17;1-5(2)6-3-9-7(8)10-4-6;;/h5-10H,16H2,1-4H3;7-9H,16H2,1-6H3;3-5H,1-2H3;2*1H4. The molecule has 4 N–H and O–H groups in total. The molecule has 0 unspecified atom stereocenters. The van der Waals surface area contributed by atoms with Crippen LogP contribution in [0.3, 0.4) is 0 Å². The van der Waals surface area contributed by atoms with Crippen molar-refractivity contribution in [2.75, 3.05) is 38.1 Å². The number of rotatable bonds is 6. The van der Waals surface area contributed by atoms with E-state index in [1.807, 2.05) is 64.4 Å². The van der Waals surface area contributed by atoms with Gasteiger partial charge in [0.25, 0.3) is 0 Å². The molecule has 0 amide bonds. The van der Waals surface area contributed by atoms with Gasteiger partial charge in [0.15, 0.2) is 5.82 Å². The zero-order valence-electron chi connectivity index (χ0n) is 31.4. The molecule has 0 atom stereocenters. The van der Waals surface area contributed by atoms with Gasteiger partial charge < -0.3 is 29.9 Å². The van der Waals surface area contributed by atoms with Crippen molar-refractivity contribution in [2.24, 2.45) is 0 Å². The maximum absolute atomic E-state index is 12.3. The average Bonchev–Trinajstić information content (AvgIpc) is 3.23. The highest BCUT2D eigenvalue weighted by Gasteiger charge is 2.51. The van der Waals surface area contributed by atoms with Crippen molar-refractivity contribution in [2.45, 2.75) is 93.3 Å². The van der Waals surface area contributed by atoms with Crippen LogP contribution in [-0.2, 0) is 18.4 Å². The van der Waals surface area contributed by atoms with Gasteiger partial charge >= 0.3 is 7.12 Å². The molecule has 0 bridgehead atoms. The van der Waals surface area contributed by atoms with Crippen LogP contribution in [0.1, 0.15) is 93.2 Å². The number of nitrogens with zero attached hydrogens (tertiary/aromatic N) is 4. The second kappa shape index (κ2) is 18.3. The number of aromatic nitrogens is 4. The van der Waals surface area contributed by atoms with Crippen molar-refractivity contribution in [1.82, 2.24) is 19.9 Å². The minimum Gasteiger partial charge on any atom is -0.399 e. The van der Waals surface area contributed by atoms with Crippen molar-refractivity contribution in [3.05, 3.63) is 77.6 Å². The molecule has 0 aliphatic carbocycles. The van der Waals surface area contributed by atoms with Crippen molar-refractivity contribution in [1.29, 1.82) is 0 Å². The van der Waals surface area contributed by atoms with Gasteiger partial charge in [-0.3, -0.25) is 0 Å². The first-order chi connectivity index (χ1) is 22.9. The molecule has 1 saturated heterocycles. The zero-order valence-corrected chi connectivity index (χ0v) is 33.9. The summed E-state index contributed by atoms with van der Waals surface area (Å²) < 4.78 is 36.6. The SMILES string of the molecule is C.C.CC(C)c1cnc(-c2ccc(N)c(P(C)(C)=O)c2)nc1.CC(C)c1cnc(Cl)nc1.CC1(C)OB(c2ccc(N)c(P(C)(C)=O)c2)OC1(C)C. The molecule has 0 spiro atoms. The van der Waals surface area contributed by atoms with Gasteiger partial charge in [-0.15, -0.1) is 0 Å². The molecule has 1 fully saturated rings. The fraction of sp³-hybridized carbons (Fsp3) is 0.474. The van der Waals surface area contributed by atoms with E-state index in [4.69, 9.17) is 32.4 Å². The van der Waals surface area contributed by atoms with Crippen LogP contribution >= 0.6 is 25.9 Å². The molecule has 2 aromatic heterocycles. The van der Waals surface area contributed by atoms with Gasteiger partial charge in [0, 0.05) is 52.3 Å². The first-order valence-electron chi connectivity index (χ1n) is 16.5. The van der Waals surface area contributed by atoms with Crippen LogP contribution in [0.5, 0.6) is 0 Å². The van der Waals surface area contributed by atoms with E-state index in [9.17, 15) is 9.13 Å². The lowest BCUT2D eigenvalue weighted by Crippen LogP contribution is -2.41. The Morgan fingerprint density at radius 3 is 1.46 bits per heavy atom. The highest BCUT2D eigenvalue weighted by molar-refractivity contribution is 7.70. The fourth-order valence-electron chi connectivity index (χ4n) is 4.71. The quantitative estimate of drug-likeness (QED) is 0.0844. The largest absolute Gasteiger partial charge is 0.494 e. The fourth-order valence-corrected chi connectivity index (χ4v) is 7.11. The molecule has 0 saturated carbocycles. The van der Waals surface area contributed by atoms with Crippen LogP contribution in [0, 0.1) is 0 Å². The number of halogens is 1. The van der Waals surface area contributed by atoms with E-state index in [2.05, 4.69) is 47.6 Å². The highest BCUT2D eigenvalue weighted by atomic mass is 35.5. The van der Waals surface area contributed by atoms with E-state index < -0.39 is 21.4 Å². The summed E-state index contributed by atoms with van der Waals surface area (Å²) >= 11 is 5.49.